The zero-order valence-electron chi connectivity index (χ0n) is 51.9. The Kier molecular flexibility index (Phi) is 63.7. The molecule has 1 atom stereocenters. The molecule has 0 heterocycles. The first-order valence-electron chi connectivity index (χ1n) is 33.9. The van der Waals surface area contributed by atoms with Crippen molar-refractivity contribution in [2.45, 2.75) is 354 Å². The predicted molar refractivity (Wildman–Crippen MR) is 339 cm³/mol. The molecule has 452 valence electrons. The van der Waals surface area contributed by atoms with E-state index in [0.717, 1.165) is 96.3 Å². The second kappa shape index (κ2) is 66.4. The summed E-state index contributed by atoms with van der Waals surface area (Å²) in [6.07, 6.45) is 86.5. The van der Waals surface area contributed by atoms with Gasteiger partial charge in [-0.1, -0.05) is 312 Å². The van der Waals surface area contributed by atoms with Crippen LogP contribution in [0.4, 0.5) is 0 Å². The van der Waals surface area contributed by atoms with Crippen LogP contribution in [-0.4, -0.2) is 37.2 Å². The number of carbonyl (C=O) groups excluding carboxylic acids is 3. The Bertz CT molecular complexity index is 1440. The fourth-order valence-corrected chi connectivity index (χ4v) is 9.88. The molecule has 0 bridgehead atoms. The Labute approximate surface area is 484 Å². The van der Waals surface area contributed by atoms with Crippen molar-refractivity contribution in [1.82, 2.24) is 0 Å². The molecule has 0 N–H and O–H groups in total. The maximum atomic E-state index is 12.9. The molecule has 78 heavy (non-hydrogen) atoms. The van der Waals surface area contributed by atoms with Gasteiger partial charge in [0.2, 0.25) is 0 Å². The van der Waals surface area contributed by atoms with Crippen LogP contribution in [0.15, 0.2) is 72.9 Å². The maximum Gasteiger partial charge on any atom is 0.306 e. The van der Waals surface area contributed by atoms with Crippen LogP contribution >= 0.6 is 0 Å². The lowest BCUT2D eigenvalue weighted by Crippen LogP contribution is -2.30. The maximum absolute atomic E-state index is 12.9. The van der Waals surface area contributed by atoms with Crippen molar-refractivity contribution in [2.24, 2.45) is 0 Å². The molecule has 0 saturated heterocycles. The van der Waals surface area contributed by atoms with Gasteiger partial charge in [-0.15, -0.1) is 0 Å². The number of allylic oxidation sites excluding steroid dienone is 12. The zero-order valence-corrected chi connectivity index (χ0v) is 51.9. The lowest BCUT2D eigenvalue weighted by molar-refractivity contribution is -0.167. The van der Waals surface area contributed by atoms with Crippen molar-refractivity contribution in [1.29, 1.82) is 0 Å². The molecule has 0 aromatic heterocycles. The lowest BCUT2D eigenvalue weighted by atomic mass is 10.0. The SMILES string of the molecule is CC/C=C\C/C=C\C/C=C\CCCCCC(=O)OCC(COC(=O)CCCCCCCCCCCCCCCCCC/C=C\C/C=C\C/C=C\CCCCCCC)OC(=O)CCCCCCCCCCCCCCCCCC. The molecule has 1 unspecified atom stereocenters. The molecule has 0 aliphatic heterocycles. The van der Waals surface area contributed by atoms with Crippen molar-refractivity contribution < 1.29 is 28.6 Å². The quantitative estimate of drug-likeness (QED) is 0.0261. The summed E-state index contributed by atoms with van der Waals surface area (Å²) >= 11 is 0. The molecule has 0 aromatic carbocycles. The number of esters is 3. The predicted octanol–water partition coefficient (Wildman–Crippen LogP) is 23.3. The molecule has 6 heteroatoms. The third-order valence-corrected chi connectivity index (χ3v) is 14.9. The van der Waals surface area contributed by atoms with Crippen molar-refractivity contribution in [3.8, 4) is 0 Å². The van der Waals surface area contributed by atoms with E-state index in [9.17, 15) is 14.4 Å². The zero-order chi connectivity index (χ0) is 56.4. The average Bonchev–Trinajstić information content (AvgIpc) is 3.44. The van der Waals surface area contributed by atoms with Gasteiger partial charge in [-0.25, -0.2) is 0 Å². The Morgan fingerprint density at radius 2 is 0.500 bits per heavy atom. The van der Waals surface area contributed by atoms with E-state index in [4.69, 9.17) is 14.2 Å². The molecule has 0 aromatic rings. The second-order valence-electron chi connectivity index (χ2n) is 22.7. The third kappa shape index (κ3) is 63.7. The van der Waals surface area contributed by atoms with E-state index in [2.05, 4.69) is 93.7 Å². The van der Waals surface area contributed by atoms with Gasteiger partial charge in [-0.3, -0.25) is 14.4 Å². The monoisotopic (exact) mass is 1090 g/mol. The van der Waals surface area contributed by atoms with Gasteiger partial charge in [0.1, 0.15) is 13.2 Å². The molecule has 6 nitrogen and oxygen atoms in total. The highest BCUT2D eigenvalue weighted by molar-refractivity contribution is 5.71. The van der Waals surface area contributed by atoms with E-state index in [1.807, 2.05) is 0 Å². The Hall–Kier alpha value is -3.15. The smallest absolute Gasteiger partial charge is 0.306 e. The van der Waals surface area contributed by atoms with Gasteiger partial charge in [-0.05, 0) is 89.9 Å². The molecule has 0 fully saturated rings. The van der Waals surface area contributed by atoms with Crippen LogP contribution < -0.4 is 0 Å². The van der Waals surface area contributed by atoms with Crippen molar-refractivity contribution >= 4 is 17.9 Å². The van der Waals surface area contributed by atoms with Crippen LogP contribution in [0.1, 0.15) is 348 Å². The fourth-order valence-electron chi connectivity index (χ4n) is 9.88. The van der Waals surface area contributed by atoms with Gasteiger partial charge in [0.15, 0.2) is 6.10 Å². The summed E-state index contributed by atoms with van der Waals surface area (Å²) in [6.45, 7) is 6.53. The first kappa shape index (κ1) is 74.8. The Morgan fingerprint density at radius 1 is 0.269 bits per heavy atom. The summed E-state index contributed by atoms with van der Waals surface area (Å²) in [7, 11) is 0. The topological polar surface area (TPSA) is 78.9 Å². The van der Waals surface area contributed by atoms with E-state index in [-0.39, 0.29) is 31.1 Å². The minimum atomic E-state index is -0.785. The highest BCUT2D eigenvalue weighted by Crippen LogP contribution is 2.18. The number of rotatable bonds is 62. The highest BCUT2D eigenvalue weighted by atomic mass is 16.6. The van der Waals surface area contributed by atoms with Gasteiger partial charge in [0.05, 0.1) is 0 Å². The molecule has 0 radical (unpaired) electrons. The number of hydrogen-bond donors (Lipinski definition) is 0. The van der Waals surface area contributed by atoms with Crippen LogP contribution in [0.5, 0.6) is 0 Å². The van der Waals surface area contributed by atoms with Gasteiger partial charge < -0.3 is 14.2 Å². The lowest BCUT2D eigenvalue weighted by Gasteiger charge is -2.18. The molecule has 0 rings (SSSR count). The molecular formula is C72H128O6. The summed E-state index contributed by atoms with van der Waals surface area (Å²) in [5.74, 6) is -0.893. The van der Waals surface area contributed by atoms with E-state index in [1.54, 1.807) is 0 Å². The molecular weight excluding hydrogens is 961 g/mol. The van der Waals surface area contributed by atoms with Gasteiger partial charge in [0.25, 0.3) is 0 Å². The Balaban J connectivity index is 4.18. The standard InChI is InChI=1S/C72H128O6/c1-4-7-10-13-16-19-22-25-27-29-30-31-32-33-34-35-36-37-38-39-40-41-42-43-45-47-50-53-56-59-62-65-71(74)77-68-69(67-76-70(73)64-61-58-55-52-49-46-24-21-18-15-12-9-6-3)78-72(75)66-63-60-57-54-51-48-44-28-26-23-20-17-14-11-8-5-2/h9,12,18,21-22,25,29-30,32-33,46,49,69H,4-8,10-11,13-17,19-20,23-24,26-28,31,34-45,47-48,50-68H2,1-3H3/b12-9-,21-18-,25-22-,30-29-,33-32-,49-46-. The van der Waals surface area contributed by atoms with E-state index in [0.29, 0.717) is 19.3 Å². The number of unbranched alkanes of at least 4 members (excludes halogenated alkanes) is 39. The fraction of sp³-hybridized carbons (Fsp3) is 0.792. The first-order valence-corrected chi connectivity index (χ1v) is 33.9. The van der Waals surface area contributed by atoms with Gasteiger partial charge >= 0.3 is 17.9 Å². The molecule has 0 amide bonds. The molecule has 0 aliphatic carbocycles. The van der Waals surface area contributed by atoms with Gasteiger partial charge in [0, 0.05) is 19.3 Å². The number of carbonyl (C=O) groups is 3. The van der Waals surface area contributed by atoms with Crippen LogP contribution in [0.3, 0.4) is 0 Å². The summed E-state index contributed by atoms with van der Waals surface area (Å²) in [6, 6.07) is 0. The van der Waals surface area contributed by atoms with Crippen LogP contribution in [0.25, 0.3) is 0 Å². The number of hydrogen-bond acceptors (Lipinski definition) is 6. The first-order chi connectivity index (χ1) is 38.5. The Morgan fingerprint density at radius 3 is 0.795 bits per heavy atom. The van der Waals surface area contributed by atoms with Crippen LogP contribution in [0.2, 0.25) is 0 Å². The summed E-state index contributed by atoms with van der Waals surface area (Å²) < 4.78 is 16.9. The van der Waals surface area contributed by atoms with Crippen molar-refractivity contribution in [3.63, 3.8) is 0 Å². The number of ether oxygens (including phenoxy) is 3. The average molecular weight is 1090 g/mol. The largest absolute Gasteiger partial charge is 0.462 e. The van der Waals surface area contributed by atoms with E-state index in [1.165, 1.54) is 212 Å². The van der Waals surface area contributed by atoms with Crippen LogP contribution in [-0.2, 0) is 28.6 Å². The third-order valence-electron chi connectivity index (χ3n) is 14.9. The van der Waals surface area contributed by atoms with E-state index >= 15 is 0 Å². The normalized spacial score (nSPS) is 12.5. The van der Waals surface area contributed by atoms with Crippen molar-refractivity contribution in [3.05, 3.63) is 72.9 Å². The van der Waals surface area contributed by atoms with Gasteiger partial charge in [-0.2, -0.15) is 0 Å². The van der Waals surface area contributed by atoms with E-state index < -0.39 is 6.10 Å². The highest BCUT2D eigenvalue weighted by Gasteiger charge is 2.19. The summed E-state index contributed by atoms with van der Waals surface area (Å²) in [5, 5.41) is 0. The molecule has 0 aliphatic rings. The second-order valence-corrected chi connectivity index (χ2v) is 22.7. The minimum absolute atomic E-state index is 0.0808. The molecule has 0 saturated carbocycles. The van der Waals surface area contributed by atoms with Crippen molar-refractivity contribution in [2.75, 3.05) is 13.2 Å². The minimum Gasteiger partial charge on any atom is -0.462 e. The molecule has 0 spiro atoms. The summed E-state index contributed by atoms with van der Waals surface area (Å²) in [4.78, 5) is 38.3. The summed E-state index contributed by atoms with van der Waals surface area (Å²) in [5.41, 5.74) is 0. The van der Waals surface area contributed by atoms with Crippen LogP contribution in [0, 0.1) is 0 Å².